The number of nitrogens with zero attached hydrogens (tertiary/aromatic N) is 2. The molecule has 0 fully saturated rings. The number of nitriles is 1. The average Bonchev–Trinajstić information content (AvgIpc) is 2.73. The summed E-state index contributed by atoms with van der Waals surface area (Å²) < 4.78 is 7.23. The molecule has 0 radical (unpaired) electrons. The van der Waals surface area contributed by atoms with E-state index in [1.165, 1.54) is 83.1 Å². The van der Waals surface area contributed by atoms with Crippen molar-refractivity contribution < 1.29 is 4.74 Å². The van der Waals surface area contributed by atoms with Gasteiger partial charge in [-0.2, -0.15) is 5.26 Å². The molecule has 0 unspecified atom stereocenters. The number of aromatic nitrogens is 1. The third-order valence-electron chi connectivity index (χ3n) is 5.34. The first kappa shape index (κ1) is 25.0. The van der Waals surface area contributed by atoms with Gasteiger partial charge in [-0.15, -0.1) is 0 Å². The van der Waals surface area contributed by atoms with Crippen molar-refractivity contribution in [1.82, 2.24) is 4.57 Å². The molecule has 1 aromatic heterocycles. The van der Waals surface area contributed by atoms with Gasteiger partial charge in [0.05, 0.1) is 0 Å². The zero-order chi connectivity index (χ0) is 21.2. The highest BCUT2D eigenvalue weighted by molar-refractivity contribution is 5.38. The highest BCUT2D eigenvalue weighted by atomic mass is 16.5. The number of ether oxygens (including phenoxy) is 1. The van der Waals surface area contributed by atoms with Gasteiger partial charge in [0.2, 0.25) is 11.2 Å². The first-order chi connectivity index (χ1) is 14.2. The molecule has 0 aliphatic heterocycles. The number of hydrogen-bond donors (Lipinski definition) is 0. The number of hydrogen-bond acceptors (Lipinski definition) is 3. The zero-order valence-corrected chi connectivity index (χ0v) is 18.5. The fourth-order valence-electron chi connectivity index (χ4n) is 3.61. The van der Waals surface area contributed by atoms with Crippen LogP contribution >= 0.6 is 0 Å². The maximum Gasteiger partial charge on any atom is 0.224 e. The van der Waals surface area contributed by atoms with Gasteiger partial charge in [-0.1, -0.05) is 103 Å². The van der Waals surface area contributed by atoms with E-state index < -0.39 is 0 Å². The zero-order valence-electron chi connectivity index (χ0n) is 18.5. The average molecular weight is 401 g/mol. The lowest BCUT2D eigenvalue weighted by Gasteiger charge is -2.12. The van der Waals surface area contributed by atoms with E-state index in [0.29, 0.717) is 5.69 Å². The van der Waals surface area contributed by atoms with Crippen LogP contribution in [0.15, 0.2) is 29.7 Å². The van der Waals surface area contributed by atoms with Gasteiger partial charge in [-0.05, 0) is 6.42 Å². The van der Waals surface area contributed by atoms with Crippen molar-refractivity contribution in [1.29, 1.82) is 5.26 Å². The smallest absolute Gasteiger partial charge is 0.224 e. The molecule has 0 aliphatic carbocycles. The normalized spacial score (nSPS) is 10.6. The second-order valence-corrected chi connectivity index (χ2v) is 7.86. The molecule has 29 heavy (non-hydrogen) atoms. The standard InChI is InChI=1S/C25H40N2O2/c1-3-5-6-7-8-9-10-11-12-13-14-15-16-17-19-27-20-18-24(28)25(23(27)22-26)29-21-4-2/h4,18,20H,2-3,5-17,19,21H2,1H3. The van der Waals surface area contributed by atoms with Crippen LogP contribution in [0.5, 0.6) is 5.75 Å². The quantitative estimate of drug-likeness (QED) is 0.202. The predicted molar refractivity (Wildman–Crippen MR) is 121 cm³/mol. The summed E-state index contributed by atoms with van der Waals surface area (Å²) in [5, 5.41) is 9.42. The summed E-state index contributed by atoms with van der Waals surface area (Å²) in [4.78, 5) is 11.9. The summed E-state index contributed by atoms with van der Waals surface area (Å²) in [6.45, 7) is 6.82. The molecule has 0 bridgehead atoms. The van der Waals surface area contributed by atoms with E-state index in [-0.39, 0.29) is 17.8 Å². The Kier molecular flexibility index (Phi) is 14.6. The molecular formula is C25H40N2O2. The van der Waals surface area contributed by atoms with Crippen LogP contribution in [0.4, 0.5) is 0 Å². The number of pyridine rings is 1. The van der Waals surface area contributed by atoms with Crippen molar-refractivity contribution in [2.75, 3.05) is 6.61 Å². The van der Waals surface area contributed by atoms with Gasteiger partial charge in [-0.3, -0.25) is 4.79 Å². The largest absolute Gasteiger partial charge is 0.483 e. The molecule has 0 saturated carbocycles. The van der Waals surface area contributed by atoms with Gasteiger partial charge in [-0.25, -0.2) is 0 Å². The van der Waals surface area contributed by atoms with Crippen LogP contribution in [0.2, 0.25) is 0 Å². The molecule has 4 heteroatoms. The van der Waals surface area contributed by atoms with Crippen LogP contribution in [0.1, 0.15) is 103 Å². The second-order valence-electron chi connectivity index (χ2n) is 7.86. The van der Waals surface area contributed by atoms with E-state index >= 15 is 0 Å². The Hall–Kier alpha value is -2.02. The number of aryl methyl sites for hydroxylation is 1. The van der Waals surface area contributed by atoms with Gasteiger partial charge < -0.3 is 9.30 Å². The monoisotopic (exact) mass is 400 g/mol. The van der Waals surface area contributed by atoms with E-state index in [0.717, 1.165) is 19.4 Å². The summed E-state index contributed by atoms with van der Waals surface area (Å²) in [6, 6.07) is 3.59. The minimum absolute atomic E-state index is 0.139. The number of rotatable bonds is 18. The molecule has 1 rings (SSSR count). The fraction of sp³-hybridized carbons (Fsp3) is 0.680. The van der Waals surface area contributed by atoms with Gasteiger partial charge in [0.15, 0.2) is 5.69 Å². The molecule has 0 aliphatic rings. The van der Waals surface area contributed by atoms with Crippen LogP contribution in [-0.2, 0) is 6.54 Å². The highest BCUT2D eigenvalue weighted by Crippen LogP contribution is 2.15. The predicted octanol–water partition coefficient (Wildman–Crippen LogP) is 6.77. The third kappa shape index (κ3) is 10.9. The lowest BCUT2D eigenvalue weighted by molar-refractivity contribution is 0.353. The van der Waals surface area contributed by atoms with Crippen molar-refractivity contribution in [3.8, 4) is 11.8 Å². The fourth-order valence-corrected chi connectivity index (χ4v) is 3.61. The van der Waals surface area contributed by atoms with Crippen molar-refractivity contribution in [2.24, 2.45) is 0 Å². The minimum atomic E-state index is -0.249. The van der Waals surface area contributed by atoms with E-state index in [1.807, 2.05) is 4.57 Å². The summed E-state index contributed by atoms with van der Waals surface area (Å²) in [7, 11) is 0. The minimum Gasteiger partial charge on any atom is -0.483 e. The second kappa shape index (κ2) is 16.9. The van der Waals surface area contributed by atoms with Gasteiger partial charge in [0, 0.05) is 18.8 Å². The van der Waals surface area contributed by atoms with E-state index in [2.05, 4.69) is 19.6 Å². The van der Waals surface area contributed by atoms with Gasteiger partial charge in [0.1, 0.15) is 12.7 Å². The van der Waals surface area contributed by atoms with Crippen molar-refractivity contribution >= 4 is 0 Å². The Balaban J connectivity index is 2.13. The first-order valence-corrected chi connectivity index (χ1v) is 11.6. The van der Waals surface area contributed by atoms with Crippen LogP contribution in [0, 0.1) is 11.3 Å². The molecule has 0 aromatic carbocycles. The lowest BCUT2D eigenvalue weighted by Crippen LogP contribution is -2.15. The molecule has 0 spiro atoms. The molecule has 0 saturated heterocycles. The van der Waals surface area contributed by atoms with Gasteiger partial charge >= 0.3 is 0 Å². The Morgan fingerprint density at radius 2 is 1.48 bits per heavy atom. The Morgan fingerprint density at radius 3 is 1.97 bits per heavy atom. The Bertz CT molecular complexity index is 658. The van der Waals surface area contributed by atoms with E-state index in [4.69, 9.17) is 4.74 Å². The molecule has 0 amide bonds. The summed E-state index contributed by atoms with van der Waals surface area (Å²) in [6.07, 6.45) is 21.8. The topological polar surface area (TPSA) is 55.0 Å². The van der Waals surface area contributed by atoms with Crippen molar-refractivity contribution in [3.63, 3.8) is 0 Å². The highest BCUT2D eigenvalue weighted by Gasteiger charge is 2.11. The molecular weight excluding hydrogens is 360 g/mol. The molecule has 1 aromatic rings. The maximum atomic E-state index is 11.9. The van der Waals surface area contributed by atoms with Crippen LogP contribution in [0.25, 0.3) is 0 Å². The van der Waals surface area contributed by atoms with Crippen molar-refractivity contribution in [2.45, 2.75) is 103 Å². The SMILES string of the molecule is C=CCOc1c(C#N)n(CCCCCCCCCCCCCCCC)ccc1=O. The van der Waals surface area contributed by atoms with Crippen LogP contribution in [-0.4, -0.2) is 11.2 Å². The summed E-state index contributed by atoms with van der Waals surface area (Å²) >= 11 is 0. The number of unbranched alkanes of at least 4 members (excludes halogenated alkanes) is 13. The summed E-state index contributed by atoms with van der Waals surface area (Å²) in [5.41, 5.74) is 0.0645. The third-order valence-corrected chi connectivity index (χ3v) is 5.34. The molecule has 162 valence electrons. The first-order valence-electron chi connectivity index (χ1n) is 11.6. The molecule has 4 nitrogen and oxygen atoms in total. The van der Waals surface area contributed by atoms with Crippen LogP contribution in [0.3, 0.4) is 0 Å². The van der Waals surface area contributed by atoms with E-state index in [9.17, 15) is 10.1 Å². The van der Waals surface area contributed by atoms with Gasteiger partial charge in [0.25, 0.3) is 0 Å². The maximum absolute atomic E-state index is 11.9. The van der Waals surface area contributed by atoms with E-state index in [1.54, 1.807) is 12.3 Å². The van der Waals surface area contributed by atoms with Crippen LogP contribution < -0.4 is 10.2 Å². The Labute approximate surface area is 177 Å². The molecule has 0 N–H and O–H groups in total. The summed E-state index contributed by atoms with van der Waals surface area (Å²) in [5.74, 6) is 0.139. The lowest BCUT2D eigenvalue weighted by atomic mass is 10.0. The molecule has 0 atom stereocenters. The molecule has 1 heterocycles. The van der Waals surface area contributed by atoms with Crippen molar-refractivity contribution in [3.05, 3.63) is 40.8 Å². The Morgan fingerprint density at radius 1 is 0.966 bits per heavy atom.